The zero-order chi connectivity index (χ0) is 19.0. The van der Waals surface area contributed by atoms with E-state index in [4.69, 9.17) is 0 Å². The van der Waals surface area contributed by atoms with E-state index in [0.29, 0.717) is 5.69 Å². The van der Waals surface area contributed by atoms with E-state index in [1.165, 1.54) is 6.08 Å². The van der Waals surface area contributed by atoms with Crippen LogP contribution < -0.4 is 10.2 Å². The maximum atomic E-state index is 12.9. The SMILES string of the molecule is Cc1cc(Br)ccc1N1C(=O)NC(=O)/C(=C/c2ccn(C(C)C)c2)C1=O. The van der Waals surface area contributed by atoms with E-state index in [2.05, 4.69) is 21.2 Å². The van der Waals surface area contributed by atoms with E-state index in [9.17, 15) is 14.4 Å². The number of amides is 4. The minimum Gasteiger partial charge on any atom is -0.351 e. The topological polar surface area (TPSA) is 71.4 Å². The van der Waals surface area contributed by atoms with Crippen LogP contribution in [-0.2, 0) is 9.59 Å². The smallest absolute Gasteiger partial charge is 0.335 e. The van der Waals surface area contributed by atoms with Gasteiger partial charge in [-0.05, 0) is 62.2 Å². The fourth-order valence-corrected chi connectivity index (χ4v) is 3.23. The van der Waals surface area contributed by atoms with Crippen LogP contribution in [0.25, 0.3) is 6.08 Å². The number of barbiturate groups is 1. The molecule has 26 heavy (non-hydrogen) atoms. The number of urea groups is 1. The molecule has 1 aliphatic rings. The maximum Gasteiger partial charge on any atom is 0.335 e. The zero-order valence-electron chi connectivity index (χ0n) is 14.6. The van der Waals surface area contributed by atoms with Gasteiger partial charge >= 0.3 is 6.03 Å². The number of imide groups is 2. The van der Waals surface area contributed by atoms with Crippen LogP contribution in [0.1, 0.15) is 31.0 Å². The minimum atomic E-state index is -0.748. The number of benzene rings is 1. The molecule has 0 bridgehead atoms. The molecule has 2 heterocycles. The molecule has 1 aromatic heterocycles. The highest BCUT2D eigenvalue weighted by Crippen LogP contribution is 2.27. The maximum absolute atomic E-state index is 12.9. The number of hydrogen-bond donors (Lipinski definition) is 1. The molecule has 0 unspecified atom stereocenters. The Morgan fingerprint density at radius 3 is 2.50 bits per heavy atom. The molecule has 0 aliphatic carbocycles. The molecule has 0 atom stereocenters. The van der Waals surface area contributed by atoms with Crippen LogP contribution in [0.3, 0.4) is 0 Å². The summed E-state index contributed by atoms with van der Waals surface area (Å²) in [5, 5.41) is 2.24. The molecule has 0 radical (unpaired) electrons. The van der Waals surface area contributed by atoms with Crippen LogP contribution in [0, 0.1) is 6.92 Å². The average molecular weight is 416 g/mol. The number of rotatable bonds is 3. The van der Waals surface area contributed by atoms with Gasteiger partial charge in [-0.3, -0.25) is 14.9 Å². The van der Waals surface area contributed by atoms with Gasteiger partial charge in [-0.25, -0.2) is 9.69 Å². The van der Waals surface area contributed by atoms with E-state index < -0.39 is 17.8 Å². The standard InChI is InChI=1S/C19H18BrN3O3/c1-11(2)22-7-6-13(10-22)9-15-17(24)21-19(26)23(18(15)25)16-5-4-14(20)8-12(16)3/h4-11H,1-3H3,(H,21,24,26)/b15-9-. The monoisotopic (exact) mass is 415 g/mol. The molecule has 1 saturated heterocycles. The number of anilines is 1. The summed E-state index contributed by atoms with van der Waals surface area (Å²) in [6, 6.07) is 6.55. The molecular formula is C19H18BrN3O3. The van der Waals surface area contributed by atoms with Crippen LogP contribution >= 0.6 is 15.9 Å². The van der Waals surface area contributed by atoms with Gasteiger partial charge in [0.05, 0.1) is 5.69 Å². The number of halogens is 1. The molecule has 0 saturated carbocycles. The Kier molecular flexibility index (Phi) is 4.82. The summed E-state index contributed by atoms with van der Waals surface area (Å²) in [6.07, 6.45) is 5.23. The zero-order valence-corrected chi connectivity index (χ0v) is 16.2. The van der Waals surface area contributed by atoms with Gasteiger partial charge in [-0.15, -0.1) is 0 Å². The van der Waals surface area contributed by atoms with Gasteiger partial charge in [-0.2, -0.15) is 0 Å². The van der Waals surface area contributed by atoms with Crippen LogP contribution in [0.2, 0.25) is 0 Å². The summed E-state index contributed by atoms with van der Waals surface area (Å²) in [4.78, 5) is 38.4. The number of nitrogens with one attached hydrogen (secondary N) is 1. The third-order valence-corrected chi connectivity index (χ3v) is 4.64. The lowest BCUT2D eigenvalue weighted by molar-refractivity contribution is -0.122. The predicted molar refractivity (Wildman–Crippen MR) is 103 cm³/mol. The second-order valence-corrected chi connectivity index (χ2v) is 7.29. The summed E-state index contributed by atoms with van der Waals surface area (Å²) in [7, 11) is 0. The number of hydrogen-bond acceptors (Lipinski definition) is 3. The van der Waals surface area contributed by atoms with Crippen LogP contribution in [0.4, 0.5) is 10.5 Å². The van der Waals surface area contributed by atoms with E-state index in [0.717, 1.165) is 20.5 Å². The first-order valence-electron chi connectivity index (χ1n) is 8.13. The summed E-state index contributed by atoms with van der Waals surface area (Å²) < 4.78 is 2.81. The van der Waals surface area contributed by atoms with E-state index in [1.807, 2.05) is 36.9 Å². The Morgan fingerprint density at radius 2 is 1.88 bits per heavy atom. The molecule has 4 amide bonds. The van der Waals surface area contributed by atoms with E-state index in [1.54, 1.807) is 25.1 Å². The predicted octanol–water partition coefficient (Wildman–Crippen LogP) is 3.81. The first kappa shape index (κ1) is 18.1. The molecular weight excluding hydrogens is 398 g/mol. The number of carbonyl (C=O) groups is 3. The van der Waals surface area contributed by atoms with Crippen molar-refractivity contribution in [2.24, 2.45) is 0 Å². The van der Waals surface area contributed by atoms with Crippen molar-refractivity contribution < 1.29 is 14.4 Å². The third kappa shape index (κ3) is 3.35. The third-order valence-electron chi connectivity index (χ3n) is 4.15. The summed E-state index contributed by atoms with van der Waals surface area (Å²) in [6.45, 7) is 5.86. The van der Waals surface area contributed by atoms with Crippen LogP contribution in [0.5, 0.6) is 0 Å². The van der Waals surface area contributed by atoms with Gasteiger partial charge in [0.2, 0.25) is 0 Å². The molecule has 1 aromatic carbocycles. The van der Waals surface area contributed by atoms with Crippen molar-refractivity contribution in [1.29, 1.82) is 0 Å². The highest BCUT2D eigenvalue weighted by atomic mass is 79.9. The quantitative estimate of drug-likeness (QED) is 0.611. The molecule has 0 spiro atoms. The molecule has 1 fully saturated rings. The lowest BCUT2D eigenvalue weighted by Gasteiger charge is -2.27. The van der Waals surface area contributed by atoms with Gasteiger partial charge in [0.25, 0.3) is 11.8 Å². The van der Waals surface area contributed by atoms with Crippen molar-refractivity contribution in [2.45, 2.75) is 26.8 Å². The molecule has 2 aromatic rings. The molecule has 3 rings (SSSR count). The van der Waals surface area contributed by atoms with Crippen LogP contribution in [-0.4, -0.2) is 22.4 Å². The summed E-state index contributed by atoms with van der Waals surface area (Å²) in [5.74, 6) is -1.33. The molecule has 6 nitrogen and oxygen atoms in total. The van der Waals surface area contributed by atoms with Gasteiger partial charge in [0.1, 0.15) is 5.57 Å². The second-order valence-electron chi connectivity index (χ2n) is 6.37. The normalized spacial score (nSPS) is 16.6. The number of carbonyl (C=O) groups excluding carboxylic acids is 3. The van der Waals surface area contributed by atoms with Gasteiger partial charge in [0.15, 0.2) is 0 Å². The van der Waals surface area contributed by atoms with Crippen molar-refractivity contribution in [3.8, 4) is 0 Å². The highest BCUT2D eigenvalue weighted by molar-refractivity contribution is 9.10. The first-order valence-corrected chi connectivity index (χ1v) is 8.92. The summed E-state index contributed by atoms with van der Waals surface area (Å²) >= 11 is 3.36. The fraction of sp³-hybridized carbons (Fsp3) is 0.211. The van der Waals surface area contributed by atoms with E-state index in [-0.39, 0.29) is 11.6 Å². The fourth-order valence-electron chi connectivity index (χ4n) is 2.75. The minimum absolute atomic E-state index is 0.0755. The van der Waals surface area contributed by atoms with E-state index >= 15 is 0 Å². The Morgan fingerprint density at radius 1 is 1.15 bits per heavy atom. The Hall–Kier alpha value is -2.67. The Labute approximate surface area is 159 Å². The lowest BCUT2D eigenvalue weighted by Crippen LogP contribution is -2.54. The van der Waals surface area contributed by atoms with Crippen molar-refractivity contribution in [1.82, 2.24) is 9.88 Å². The van der Waals surface area contributed by atoms with Gasteiger partial charge in [0, 0.05) is 22.9 Å². The molecule has 1 N–H and O–H groups in total. The Bertz CT molecular complexity index is 943. The van der Waals surface area contributed by atoms with Crippen molar-refractivity contribution in [3.05, 3.63) is 57.8 Å². The number of nitrogens with zero attached hydrogens (tertiary/aromatic N) is 2. The van der Waals surface area contributed by atoms with Crippen molar-refractivity contribution in [2.75, 3.05) is 4.90 Å². The average Bonchev–Trinajstić information content (AvgIpc) is 3.02. The van der Waals surface area contributed by atoms with Gasteiger partial charge in [-0.1, -0.05) is 15.9 Å². The van der Waals surface area contributed by atoms with Gasteiger partial charge < -0.3 is 4.57 Å². The molecule has 1 aliphatic heterocycles. The lowest BCUT2D eigenvalue weighted by atomic mass is 10.1. The highest BCUT2D eigenvalue weighted by Gasteiger charge is 2.37. The number of aryl methyl sites for hydroxylation is 1. The molecule has 7 heteroatoms. The first-order chi connectivity index (χ1) is 12.3. The van der Waals surface area contributed by atoms with Crippen molar-refractivity contribution in [3.63, 3.8) is 0 Å². The van der Waals surface area contributed by atoms with Crippen molar-refractivity contribution >= 4 is 45.5 Å². The largest absolute Gasteiger partial charge is 0.351 e. The second kappa shape index (κ2) is 6.92. The summed E-state index contributed by atoms with van der Waals surface area (Å²) in [5.41, 5.74) is 1.82. The Balaban J connectivity index is 2.01. The molecule has 134 valence electrons. The number of aromatic nitrogens is 1. The van der Waals surface area contributed by atoms with Crippen LogP contribution in [0.15, 0.2) is 46.7 Å².